The molecule has 1 heterocycles. The summed E-state index contributed by atoms with van der Waals surface area (Å²) in [5.74, 6) is 0.000451. The molecule has 0 bridgehead atoms. The van der Waals surface area contributed by atoms with Gasteiger partial charge in [0.1, 0.15) is 11.3 Å². The van der Waals surface area contributed by atoms with E-state index in [1.807, 2.05) is 18.2 Å². The molecule has 0 unspecified atom stereocenters. The number of para-hydroxylation sites is 2. The highest BCUT2D eigenvalue weighted by molar-refractivity contribution is 5.93. The number of hydrogen-bond acceptors (Lipinski definition) is 4. The monoisotopic (exact) mass is 310 g/mol. The number of rotatable bonds is 2. The highest BCUT2D eigenvalue weighted by Gasteiger charge is 2.13. The number of benzene rings is 2. The van der Waals surface area contributed by atoms with E-state index in [1.165, 1.54) is 6.07 Å². The molecule has 0 saturated carbocycles. The van der Waals surface area contributed by atoms with Crippen molar-refractivity contribution in [1.82, 2.24) is 4.98 Å². The average Bonchev–Trinajstić information content (AvgIpc) is 2.92. The van der Waals surface area contributed by atoms with E-state index >= 15 is 0 Å². The maximum absolute atomic E-state index is 10.0. The molecule has 116 valence electrons. The summed E-state index contributed by atoms with van der Waals surface area (Å²) < 4.78 is 5.64. The van der Waals surface area contributed by atoms with Gasteiger partial charge in [0.25, 0.3) is 0 Å². The number of aromatic nitrogens is 1. The summed E-state index contributed by atoms with van der Waals surface area (Å²) in [7, 11) is 0. The fourth-order valence-electron chi connectivity index (χ4n) is 2.04. The van der Waals surface area contributed by atoms with Crippen LogP contribution in [-0.2, 0) is 0 Å². The van der Waals surface area contributed by atoms with Crippen LogP contribution in [0.2, 0.25) is 0 Å². The van der Waals surface area contributed by atoms with Gasteiger partial charge in [-0.3, -0.25) is 0 Å². The van der Waals surface area contributed by atoms with Crippen LogP contribution >= 0.6 is 0 Å². The van der Waals surface area contributed by atoms with E-state index in [-0.39, 0.29) is 23.6 Å². The topological polar surface area (TPSA) is 149 Å². The smallest absolute Gasteiger partial charge is 0.231 e. The number of phenols is 1. The van der Waals surface area contributed by atoms with E-state index in [9.17, 15) is 5.11 Å². The van der Waals surface area contributed by atoms with Crippen molar-refractivity contribution in [3.05, 3.63) is 42.5 Å². The number of aromatic hydroxyl groups is 1. The van der Waals surface area contributed by atoms with Crippen LogP contribution in [0.1, 0.15) is 0 Å². The Morgan fingerprint density at radius 1 is 1.09 bits per heavy atom. The normalized spacial score (nSPS) is 11.6. The average molecular weight is 310 g/mol. The van der Waals surface area contributed by atoms with Gasteiger partial charge in [-0.05, 0) is 30.3 Å². The first-order valence-corrected chi connectivity index (χ1v) is 6.65. The van der Waals surface area contributed by atoms with E-state index in [2.05, 4.69) is 15.0 Å². The van der Waals surface area contributed by atoms with Gasteiger partial charge in [0.05, 0.1) is 11.3 Å². The molecule has 7 N–H and O–H groups in total. The molecule has 8 heteroatoms. The largest absolute Gasteiger partial charge is 0.507 e. The SMILES string of the molecule is NC(N)=NC(N)=Nc1ccc(O)c(-c2nc3ccccc3o2)c1. The molecule has 0 aliphatic heterocycles. The zero-order chi connectivity index (χ0) is 16.4. The van der Waals surface area contributed by atoms with Gasteiger partial charge in [0, 0.05) is 0 Å². The summed E-state index contributed by atoms with van der Waals surface area (Å²) >= 11 is 0. The van der Waals surface area contributed by atoms with Crippen molar-refractivity contribution in [2.24, 2.45) is 27.2 Å². The number of hydrogen-bond donors (Lipinski definition) is 4. The third-order valence-electron chi connectivity index (χ3n) is 2.99. The van der Waals surface area contributed by atoms with Gasteiger partial charge >= 0.3 is 0 Å². The fourth-order valence-corrected chi connectivity index (χ4v) is 2.04. The van der Waals surface area contributed by atoms with Crippen LogP contribution in [0.3, 0.4) is 0 Å². The lowest BCUT2D eigenvalue weighted by Crippen LogP contribution is -2.26. The molecule has 0 aliphatic rings. The molecule has 8 nitrogen and oxygen atoms in total. The van der Waals surface area contributed by atoms with Crippen LogP contribution in [-0.4, -0.2) is 22.0 Å². The third kappa shape index (κ3) is 3.05. The number of fused-ring (bicyclic) bond motifs is 1. The van der Waals surface area contributed by atoms with Crippen molar-refractivity contribution < 1.29 is 9.52 Å². The summed E-state index contributed by atoms with van der Waals surface area (Å²) in [6.07, 6.45) is 0. The molecule has 0 aliphatic carbocycles. The summed E-state index contributed by atoms with van der Waals surface area (Å²) in [6, 6.07) is 11.9. The van der Waals surface area contributed by atoms with Crippen molar-refractivity contribution >= 4 is 28.7 Å². The maximum atomic E-state index is 10.0. The predicted octanol–water partition coefficient (Wildman–Crippen LogP) is 1.42. The predicted molar refractivity (Wildman–Crippen MR) is 88.2 cm³/mol. The Bertz CT molecular complexity index is 892. The van der Waals surface area contributed by atoms with Crippen LogP contribution in [0.5, 0.6) is 5.75 Å². The van der Waals surface area contributed by atoms with Gasteiger partial charge in [0.15, 0.2) is 11.5 Å². The van der Waals surface area contributed by atoms with E-state index in [0.717, 1.165) is 0 Å². The van der Waals surface area contributed by atoms with Gasteiger partial charge in [-0.1, -0.05) is 12.1 Å². The molecule has 3 aromatic rings. The van der Waals surface area contributed by atoms with E-state index < -0.39 is 0 Å². The van der Waals surface area contributed by atoms with Crippen LogP contribution in [0.4, 0.5) is 5.69 Å². The summed E-state index contributed by atoms with van der Waals surface area (Å²) in [4.78, 5) is 12.0. The van der Waals surface area contributed by atoms with Crippen molar-refractivity contribution in [2.75, 3.05) is 0 Å². The molecule has 0 spiro atoms. The minimum atomic E-state index is -0.191. The zero-order valence-corrected chi connectivity index (χ0v) is 12.0. The maximum Gasteiger partial charge on any atom is 0.231 e. The highest BCUT2D eigenvalue weighted by atomic mass is 16.3. The van der Waals surface area contributed by atoms with Crippen molar-refractivity contribution in [2.45, 2.75) is 0 Å². The lowest BCUT2D eigenvalue weighted by Gasteiger charge is -2.02. The number of nitrogens with zero attached hydrogens (tertiary/aromatic N) is 3. The second kappa shape index (κ2) is 5.68. The first-order valence-electron chi connectivity index (χ1n) is 6.65. The number of phenolic OH excluding ortho intramolecular Hbond substituents is 1. The lowest BCUT2D eigenvalue weighted by molar-refractivity contribution is 0.474. The van der Waals surface area contributed by atoms with Gasteiger partial charge in [-0.25, -0.2) is 9.98 Å². The molecule has 0 saturated heterocycles. The first kappa shape index (κ1) is 14.4. The molecule has 0 amide bonds. The Balaban J connectivity index is 2.05. The Hall–Kier alpha value is -3.55. The van der Waals surface area contributed by atoms with E-state index in [0.29, 0.717) is 22.4 Å². The number of nitrogens with two attached hydrogens (primary N) is 3. The van der Waals surface area contributed by atoms with Gasteiger partial charge < -0.3 is 26.7 Å². The van der Waals surface area contributed by atoms with Crippen LogP contribution in [0, 0.1) is 0 Å². The Morgan fingerprint density at radius 3 is 2.61 bits per heavy atom. The summed E-state index contributed by atoms with van der Waals surface area (Å²) in [5, 5.41) is 10.0. The van der Waals surface area contributed by atoms with Gasteiger partial charge in [0.2, 0.25) is 11.9 Å². The van der Waals surface area contributed by atoms with Crippen molar-refractivity contribution in [1.29, 1.82) is 0 Å². The van der Waals surface area contributed by atoms with Gasteiger partial charge in [-0.15, -0.1) is 0 Å². The van der Waals surface area contributed by atoms with E-state index in [1.54, 1.807) is 18.2 Å². The van der Waals surface area contributed by atoms with Crippen molar-refractivity contribution in [3.63, 3.8) is 0 Å². The quantitative estimate of drug-likeness (QED) is 0.415. The van der Waals surface area contributed by atoms with Crippen LogP contribution < -0.4 is 17.2 Å². The Labute approximate surface area is 131 Å². The fraction of sp³-hybridized carbons (Fsp3) is 0. The second-order valence-electron chi connectivity index (χ2n) is 4.69. The van der Waals surface area contributed by atoms with Crippen molar-refractivity contribution in [3.8, 4) is 17.2 Å². The first-order chi connectivity index (χ1) is 11.0. The van der Waals surface area contributed by atoms with Crippen LogP contribution in [0.25, 0.3) is 22.6 Å². The Morgan fingerprint density at radius 2 is 1.87 bits per heavy atom. The highest BCUT2D eigenvalue weighted by Crippen LogP contribution is 2.33. The summed E-state index contributed by atoms with van der Waals surface area (Å²) in [5.41, 5.74) is 18.2. The molecule has 0 radical (unpaired) electrons. The molecule has 3 rings (SSSR count). The number of guanidine groups is 2. The lowest BCUT2D eigenvalue weighted by atomic mass is 10.2. The molecular formula is C15H14N6O2. The molecule has 1 aromatic heterocycles. The third-order valence-corrected chi connectivity index (χ3v) is 2.99. The molecule has 2 aromatic carbocycles. The zero-order valence-electron chi connectivity index (χ0n) is 12.0. The summed E-state index contributed by atoms with van der Waals surface area (Å²) in [6.45, 7) is 0. The number of oxazole rings is 1. The molecule has 23 heavy (non-hydrogen) atoms. The number of aliphatic imine (C=N–C) groups is 2. The molecule has 0 atom stereocenters. The second-order valence-corrected chi connectivity index (χ2v) is 4.69. The minimum Gasteiger partial charge on any atom is -0.507 e. The Kier molecular flexibility index (Phi) is 3.55. The molecular weight excluding hydrogens is 296 g/mol. The standard InChI is InChI=1S/C15H14N6O2/c16-14(17)21-15(18)19-8-5-6-11(22)9(7-8)13-20-10-3-1-2-4-12(10)23-13/h1-7,22H,(H6,16,17,18,19,21). The van der Waals surface area contributed by atoms with Gasteiger partial charge in [-0.2, -0.15) is 4.99 Å². The molecule has 0 fully saturated rings. The van der Waals surface area contributed by atoms with Crippen LogP contribution in [0.15, 0.2) is 56.9 Å². The van der Waals surface area contributed by atoms with E-state index in [4.69, 9.17) is 21.6 Å². The minimum absolute atomic E-state index is 0.0101.